The quantitative estimate of drug-likeness (QED) is 0.492. The summed E-state index contributed by atoms with van der Waals surface area (Å²) >= 11 is 5.65. The van der Waals surface area contributed by atoms with Crippen LogP contribution in [0.4, 0.5) is 0 Å². The zero-order valence-electron chi connectivity index (χ0n) is 8.80. The highest BCUT2D eigenvalue weighted by Gasteiger charge is 2.38. The van der Waals surface area contributed by atoms with Gasteiger partial charge in [-0.25, -0.2) is 0 Å². The van der Waals surface area contributed by atoms with Gasteiger partial charge in [-0.15, -0.1) is 11.6 Å². The Kier molecular flexibility index (Phi) is 6.99. The van der Waals surface area contributed by atoms with E-state index in [1.165, 1.54) is 0 Å². The fourth-order valence-electron chi connectivity index (χ4n) is 1.22. The third-order valence-electron chi connectivity index (χ3n) is 2.13. The zero-order valence-corrected chi connectivity index (χ0v) is 10.6. The Bertz CT molecular complexity index is 122. The molecule has 0 N–H and O–H groups in total. The minimum atomic E-state index is -2.38. The minimum absolute atomic E-state index is 0.476. The average Bonchev–Trinajstić information content (AvgIpc) is 2.15. The van der Waals surface area contributed by atoms with Gasteiger partial charge in [0.05, 0.1) is 0 Å². The molecule has 0 aliphatic carbocycles. The molecular formula is C8H19ClO3Si. The van der Waals surface area contributed by atoms with E-state index in [1.54, 1.807) is 21.3 Å². The van der Waals surface area contributed by atoms with Crippen LogP contribution < -0.4 is 0 Å². The molecule has 0 rings (SSSR count). The van der Waals surface area contributed by atoms with Gasteiger partial charge in [-0.1, -0.05) is 6.92 Å². The standard InChI is InChI=1S/C8H19ClO3Si/c1-8(5-6-9)7-13(10-2,11-3)12-4/h8H,5-7H2,1-4H3. The molecule has 1 unspecified atom stereocenters. The Morgan fingerprint density at radius 3 is 1.92 bits per heavy atom. The van der Waals surface area contributed by atoms with E-state index in [2.05, 4.69) is 6.92 Å². The fraction of sp³-hybridized carbons (Fsp3) is 1.00. The van der Waals surface area contributed by atoms with Crippen LogP contribution in [-0.2, 0) is 13.3 Å². The Labute approximate surface area is 86.7 Å². The summed E-state index contributed by atoms with van der Waals surface area (Å²) in [6.45, 7) is 2.13. The molecule has 3 nitrogen and oxygen atoms in total. The smallest absolute Gasteiger partial charge is 0.377 e. The minimum Gasteiger partial charge on any atom is -0.377 e. The largest absolute Gasteiger partial charge is 0.500 e. The van der Waals surface area contributed by atoms with Gasteiger partial charge < -0.3 is 13.3 Å². The number of alkyl halides is 1. The lowest BCUT2D eigenvalue weighted by atomic mass is 10.2. The van der Waals surface area contributed by atoms with Crippen LogP contribution >= 0.6 is 11.6 Å². The summed E-state index contributed by atoms with van der Waals surface area (Å²) in [5, 5.41) is 0. The summed E-state index contributed by atoms with van der Waals surface area (Å²) in [5.74, 6) is 1.15. The molecule has 0 aromatic carbocycles. The highest BCUT2D eigenvalue weighted by Crippen LogP contribution is 2.21. The summed E-state index contributed by atoms with van der Waals surface area (Å²) in [4.78, 5) is 0. The SMILES string of the molecule is CO[Si](CC(C)CCCl)(OC)OC. The maximum Gasteiger partial charge on any atom is 0.500 e. The maximum absolute atomic E-state index is 5.65. The van der Waals surface area contributed by atoms with Gasteiger partial charge in [0.2, 0.25) is 0 Å². The normalized spacial score (nSPS) is 14.5. The van der Waals surface area contributed by atoms with E-state index >= 15 is 0 Å². The highest BCUT2D eigenvalue weighted by atomic mass is 35.5. The summed E-state index contributed by atoms with van der Waals surface area (Å²) in [7, 11) is 2.52. The molecule has 5 heteroatoms. The first-order valence-corrected chi connectivity index (χ1v) is 6.82. The lowest BCUT2D eigenvalue weighted by Gasteiger charge is -2.26. The van der Waals surface area contributed by atoms with Crippen molar-refractivity contribution in [3.8, 4) is 0 Å². The van der Waals surface area contributed by atoms with Crippen LogP contribution in [0.2, 0.25) is 6.04 Å². The van der Waals surface area contributed by atoms with Crippen molar-refractivity contribution in [2.45, 2.75) is 19.4 Å². The number of halogens is 1. The van der Waals surface area contributed by atoms with Gasteiger partial charge in [0.25, 0.3) is 0 Å². The fourth-order valence-corrected chi connectivity index (χ4v) is 3.65. The summed E-state index contributed by atoms with van der Waals surface area (Å²) in [6.07, 6.45) is 0.965. The van der Waals surface area contributed by atoms with Gasteiger partial charge >= 0.3 is 8.80 Å². The Morgan fingerprint density at radius 1 is 1.15 bits per heavy atom. The molecule has 1 atom stereocenters. The van der Waals surface area contributed by atoms with Crippen molar-refractivity contribution in [2.24, 2.45) is 5.92 Å². The van der Waals surface area contributed by atoms with E-state index in [0.717, 1.165) is 12.5 Å². The van der Waals surface area contributed by atoms with E-state index < -0.39 is 8.80 Å². The lowest BCUT2D eigenvalue weighted by molar-refractivity contribution is 0.118. The third kappa shape index (κ3) is 4.42. The van der Waals surface area contributed by atoms with Crippen molar-refractivity contribution >= 4 is 20.4 Å². The number of rotatable bonds is 7. The van der Waals surface area contributed by atoms with Crippen molar-refractivity contribution in [3.05, 3.63) is 0 Å². The lowest BCUT2D eigenvalue weighted by Crippen LogP contribution is -2.44. The summed E-state index contributed by atoms with van der Waals surface area (Å²) in [6, 6.07) is 0.823. The molecular weight excluding hydrogens is 208 g/mol. The second-order valence-electron chi connectivity index (χ2n) is 3.08. The van der Waals surface area contributed by atoms with E-state index in [1.807, 2.05) is 0 Å². The van der Waals surface area contributed by atoms with Crippen LogP contribution in [-0.4, -0.2) is 36.0 Å². The Balaban J connectivity index is 4.07. The molecule has 0 saturated carbocycles. The van der Waals surface area contributed by atoms with Crippen LogP contribution in [0.25, 0.3) is 0 Å². The molecule has 0 aromatic heterocycles. The highest BCUT2D eigenvalue weighted by molar-refractivity contribution is 6.60. The molecule has 80 valence electrons. The summed E-state index contributed by atoms with van der Waals surface area (Å²) in [5.41, 5.74) is 0. The predicted molar refractivity (Wildman–Crippen MR) is 56.1 cm³/mol. The molecule has 0 saturated heterocycles. The van der Waals surface area contributed by atoms with Gasteiger partial charge in [-0.3, -0.25) is 0 Å². The van der Waals surface area contributed by atoms with E-state index in [4.69, 9.17) is 24.9 Å². The molecule has 0 aliphatic heterocycles. The van der Waals surface area contributed by atoms with Crippen LogP contribution in [0.5, 0.6) is 0 Å². The maximum atomic E-state index is 5.65. The number of hydrogen-bond donors (Lipinski definition) is 0. The molecule has 0 spiro atoms. The molecule has 0 radical (unpaired) electrons. The van der Waals surface area contributed by atoms with Gasteiger partial charge in [-0.2, -0.15) is 0 Å². The predicted octanol–water partition coefficient (Wildman–Crippen LogP) is 2.13. The van der Waals surface area contributed by atoms with E-state index in [0.29, 0.717) is 11.8 Å². The van der Waals surface area contributed by atoms with Crippen molar-refractivity contribution in [2.75, 3.05) is 27.2 Å². The monoisotopic (exact) mass is 226 g/mol. The molecule has 0 heterocycles. The molecule has 0 bridgehead atoms. The number of hydrogen-bond acceptors (Lipinski definition) is 3. The Morgan fingerprint density at radius 2 is 1.62 bits per heavy atom. The first kappa shape index (κ1) is 13.4. The molecule has 0 aliphatic rings. The second kappa shape index (κ2) is 6.78. The molecule has 0 fully saturated rings. The van der Waals surface area contributed by atoms with Gasteiger partial charge in [0.1, 0.15) is 0 Å². The molecule has 13 heavy (non-hydrogen) atoms. The van der Waals surface area contributed by atoms with Gasteiger partial charge in [0, 0.05) is 33.3 Å². The van der Waals surface area contributed by atoms with E-state index in [9.17, 15) is 0 Å². The third-order valence-corrected chi connectivity index (χ3v) is 5.41. The van der Waals surface area contributed by atoms with Crippen molar-refractivity contribution in [1.82, 2.24) is 0 Å². The van der Waals surface area contributed by atoms with E-state index in [-0.39, 0.29) is 0 Å². The van der Waals surface area contributed by atoms with Crippen LogP contribution in [0.3, 0.4) is 0 Å². The van der Waals surface area contributed by atoms with Crippen molar-refractivity contribution in [3.63, 3.8) is 0 Å². The average molecular weight is 227 g/mol. The first-order valence-electron chi connectivity index (χ1n) is 4.35. The second-order valence-corrected chi connectivity index (χ2v) is 6.46. The Hall–Kier alpha value is 0.387. The van der Waals surface area contributed by atoms with Gasteiger partial charge in [-0.05, 0) is 12.3 Å². The topological polar surface area (TPSA) is 27.7 Å². The van der Waals surface area contributed by atoms with Crippen molar-refractivity contribution < 1.29 is 13.3 Å². The first-order chi connectivity index (χ1) is 6.14. The molecule has 0 aromatic rings. The van der Waals surface area contributed by atoms with Crippen LogP contribution in [0, 0.1) is 5.92 Å². The zero-order chi connectivity index (χ0) is 10.3. The van der Waals surface area contributed by atoms with Crippen LogP contribution in [0.1, 0.15) is 13.3 Å². The summed E-state index contributed by atoms with van der Waals surface area (Å²) < 4.78 is 15.9. The van der Waals surface area contributed by atoms with Gasteiger partial charge in [0.15, 0.2) is 0 Å². The molecule has 0 amide bonds. The van der Waals surface area contributed by atoms with Crippen LogP contribution in [0.15, 0.2) is 0 Å². The van der Waals surface area contributed by atoms with Crippen molar-refractivity contribution in [1.29, 1.82) is 0 Å².